The molecule has 1 aromatic rings. The van der Waals surface area contributed by atoms with E-state index in [9.17, 15) is 0 Å². The minimum Gasteiger partial charge on any atom is -0.316 e. The van der Waals surface area contributed by atoms with Crippen molar-refractivity contribution in [3.8, 4) is 0 Å². The lowest BCUT2D eigenvalue weighted by molar-refractivity contribution is 0.471. The minimum atomic E-state index is 0.613. The van der Waals surface area contributed by atoms with Crippen molar-refractivity contribution in [2.45, 2.75) is 60.3 Å². The second-order valence-corrected chi connectivity index (χ2v) is 7.41. The molecule has 21 heavy (non-hydrogen) atoms. The van der Waals surface area contributed by atoms with Crippen LogP contribution in [0.4, 0.5) is 0 Å². The van der Waals surface area contributed by atoms with Crippen LogP contribution in [0.2, 0.25) is 0 Å². The Balaban J connectivity index is 1.96. The predicted octanol–water partition coefficient (Wildman–Crippen LogP) is 3.64. The first-order valence-corrected chi connectivity index (χ1v) is 8.43. The molecule has 1 aliphatic rings. The monoisotopic (exact) mass is 289 g/mol. The molecule has 0 saturated heterocycles. The van der Waals surface area contributed by atoms with Crippen LogP contribution in [0.5, 0.6) is 0 Å². The van der Waals surface area contributed by atoms with Gasteiger partial charge in [0, 0.05) is 17.3 Å². The molecule has 1 aliphatic carbocycles. The summed E-state index contributed by atoms with van der Waals surface area (Å²) in [5, 5.41) is 3.55. The van der Waals surface area contributed by atoms with Crippen LogP contribution in [0, 0.1) is 31.6 Å². The molecule has 0 bridgehead atoms. The second kappa shape index (κ2) is 6.87. The number of hydrogen-bond acceptors (Lipinski definition) is 3. The molecule has 0 amide bonds. The van der Waals surface area contributed by atoms with Gasteiger partial charge in [0.1, 0.15) is 5.82 Å². The first-order valence-electron chi connectivity index (χ1n) is 8.43. The molecule has 3 nitrogen and oxygen atoms in total. The van der Waals surface area contributed by atoms with Crippen LogP contribution in [-0.4, -0.2) is 23.1 Å². The van der Waals surface area contributed by atoms with Gasteiger partial charge in [0.05, 0.1) is 0 Å². The first kappa shape index (κ1) is 16.4. The topological polar surface area (TPSA) is 37.8 Å². The number of hydrogen-bond donors (Lipinski definition) is 1. The lowest BCUT2D eigenvalue weighted by Crippen LogP contribution is -2.26. The van der Waals surface area contributed by atoms with Crippen LogP contribution in [0.25, 0.3) is 0 Å². The number of nitrogens with zero attached hydrogens (tertiary/aromatic N) is 2. The molecule has 0 spiro atoms. The molecule has 3 atom stereocenters. The highest BCUT2D eigenvalue weighted by Crippen LogP contribution is 2.45. The lowest BCUT2D eigenvalue weighted by atomic mass is 9.98. The summed E-state index contributed by atoms with van der Waals surface area (Å²) in [5.41, 5.74) is 3.73. The normalized spacial score (nSPS) is 22.6. The lowest BCUT2D eigenvalue weighted by Gasteiger charge is -2.17. The fraction of sp³-hybridized carbons (Fsp3) is 0.778. The van der Waals surface area contributed by atoms with Gasteiger partial charge in [-0.2, -0.15) is 0 Å². The third-order valence-electron chi connectivity index (χ3n) is 4.48. The van der Waals surface area contributed by atoms with Crippen LogP contribution in [0.3, 0.4) is 0 Å². The van der Waals surface area contributed by atoms with E-state index in [4.69, 9.17) is 9.97 Å². The summed E-state index contributed by atoms with van der Waals surface area (Å²) in [5.74, 6) is 3.79. The van der Waals surface area contributed by atoms with E-state index in [1.165, 1.54) is 23.4 Å². The van der Waals surface area contributed by atoms with Gasteiger partial charge in [-0.3, -0.25) is 0 Å². The van der Waals surface area contributed by atoms with Crippen molar-refractivity contribution in [2.75, 3.05) is 13.1 Å². The van der Waals surface area contributed by atoms with Crippen LogP contribution >= 0.6 is 0 Å². The van der Waals surface area contributed by atoms with Crippen molar-refractivity contribution in [1.29, 1.82) is 0 Å². The Bertz CT molecular complexity index is 458. The largest absolute Gasteiger partial charge is 0.316 e. The maximum atomic E-state index is 4.78. The van der Waals surface area contributed by atoms with Crippen LogP contribution in [0.1, 0.15) is 62.8 Å². The molecule has 2 rings (SSSR count). The molecular formula is C18H31N3. The van der Waals surface area contributed by atoms with E-state index in [2.05, 4.69) is 46.9 Å². The summed E-state index contributed by atoms with van der Waals surface area (Å²) >= 11 is 0. The van der Waals surface area contributed by atoms with Gasteiger partial charge in [0.15, 0.2) is 0 Å². The fourth-order valence-electron chi connectivity index (χ4n) is 2.95. The molecule has 0 aliphatic heterocycles. The summed E-state index contributed by atoms with van der Waals surface area (Å²) in [7, 11) is 0. The third-order valence-corrected chi connectivity index (χ3v) is 4.48. The van der Waals surface area contributed by atoms with E-state index in [0.29, 0.717) is 17.8 Å². The summed E-state index contributed by atoms with van der Waals surface area (Å²) in [4.78, 5) is 9.55. The van der Waals surface area contributed by atoms with E-state index in [-0.39, 0.29) is 0 Å². The number of rotatable bonds is 7. The van der Waals surface area contributed by atoms with Crippen molar-refractivity contribution in [2.24, 2.45) is 17.8 Å². The summed E-state index contributed by atoms with van der Waals surface area (Å²) in [6.07, 6.45) is 2.33. The van der Waals surface area contributed by atoms with E-state index >= 15 is 0 Å². The Morgan fingerprint density at radius 3 is 2.14 bits per heavy atom. The zero-order chi connectivity index (χ0) is 15.6. The van der Waals surface area contributed by atoms with Crippen molar-refractivity contribution in [1.82, 2.24) is 15.3 Å². The van der Waals surface area contributed by atoms with Gasteiger partial charge >= 0.3 is 0 Å². The Labute approximate surface area is 130 Å². The zero-order valence-corrected chi connectivity index (χ0v) is 14.5. The van der Waals surface area contributed by atoms with E-state index in [1.54, 1.807) is 0 Å². The predicted molar refractivity (Wildman–Crippen MR) is 88.6 cm³/mol. The molecule has 0 aromatic carbocycles. The highest BCUT2D eigenvalue weighted by atomic mass is 14.9. The van der Waals surface area contributed by atoms with Gasteiger partial charge in [-0.1, -0.05) is 27.7 Å². The highest BCUT2D eigenvalue weighted by Gasteiger charge is 2.37. The Kier molecular flexibility index (Phi) is 5.37. The Morgan fingerprint density at radius 1 is 1.10 bits per heavy atom. The van der Waals surface area contributed by atoms with Gasteiger partial charge in [-0.25, -0.2) is 9.97 Å². The second-order valence-electron chi connectivity index (χ2n) is 7.41. The molecule has 118 valence electrons. The average Bonchev–Trinajstić information content (AvgIpc) is 3.10. The quantitative estimate of drug-likeness (QED) is 0.832. The standard InChI is InChI=1S/C18H31N3/c1-11(2)9-19-10-12(3)7-17-14(5)20-18(21-15(17)6)16-8-13(16)4/h11-13,16,19H,7-10H2,1-6H3. The summed E-state index contributed by atoms with van der Waals surface area (Å²) in [6, 6.07) is 0. The van der Waals surface area contributed by atoms with Gasteiger partial charge < -0.3 is 5.32 Å². The average molecular weight is 289 g/mol. The molecule has 1 N–H and O–H groups in total. The number of aromatic nitrogens is 2. The highest BCUT2D eigenvalue weighted by molar-refractivity contribution is 5.27. The molecule has 1 heterocycles. The first-order chi connectivity index (χ1) is 9.88. The van der Waals surface area contributed by atoms with E-state index in [0.717, 1.165) is 31.3 Å². The molecule has 1 fully saturated rings. The SMILES string of the molecule is Cc1nc(C2CC2C)nc(C)c1CC(C)CNCC(C)C. The van der Waals surface area contributed by atoms with E-state index < -0.39 is 0 Å². The van der Waals surface area contributed by atoms with Gasteiger partial charge in [0.2, 0.25) is 0 Å². The van der Waals surface area contributed by atoms with Gasteiger partial charge in [0.25, 0.3) is 0 Å². The van der Waals surface area contributed by atoms with Crippen molar-refractivity contribution >= 4 is 0 Å². The van der Waals surface area contributed by atoms with Gasteiger partial charge in [-0.05, 0) is 63.1 Å². The zero-order valence-electron chi connectivity index (χ0n) is 14.5. The maximum Gasteiger partial charge on any atom is 0.132 e. The summed E-state index contributed by atoms with van der Waals surface area (Å²) < 4.78 is 0. The van der Waals surface area contributed by atoms with E-state index in [1.807, 2.05) is 0 Å². The molecular weight excluding hydrogens is 258 g/mol. The molecule has 3 heteroatoms. The van der Waals surface area contributed by atoms with Crippen molar-refractivity contribution < 1.29 is 0 Å². The van der Waals surface area contributed by atoms with Crippen molar-refractivity contribution in [3.63, 3.8) is 0 Å². The number of aryl methyl sites for hydroxylation is 2. The third kappa shape index (κ3) is 4.50. The smallest absolute Gasteiger partial charge is 0.132 e. The minimum absolute atomic E-state index is 0.613. The van der Waals surface area contributed by atoms with Gasteiger partial charge in [-0.15, -0.1) is 0 Å². The number of nitrogens with one attached hydrogen (secondary N) is 1. The van der Waals surface area contributed by atoms with Crippen molar-refractivity contribution in [3.05, 3.63) is 22.8 Å². The molecule has 0 radical (unpaired) electrons. The van der Waals surface area contributed by atoms with Crippen LogP contribution < -0.4 is 5.32 Å². The Morgan fingerprint density at radius 2 is 1.67 bits per heavy atom. The summed E-state index contributed by atoms with van der Waals surface area (Å²) in [6.45, 7) is 15.5. The maximum absolute atomic E-state index is 4.78. The molecule has 1 saturated carbocycles. The molecule has 3 unspecified atom stereocenters. The fourth-order valence-corrected chi connectivity index (χ4v) is 2.95. The van der Waals surface area contributed by atoms with Crippen LogP contribution in [-0.2, 0) is 6.42 Å². The molecule has 1 aromatic heterocycles. The van der Waals surface area contributed by atoms with Crippen LogP contribution in [0.15, 0.2) is 0 Å². The Hall–Kier alpha value is -0.960.